The van der Waals surface area contributed by atoms with E-state index in [4.69, 9.17) is 0 Å². The number of pyridine rings is 1. The molecule has 2 heterocycles. The van der Waals surface area contributed by atoms with Crippen LogP contribution in [0.5, 0.6) is 0 Å². The Labute approximate surface area is 132 Å². The quantitative estimate of drug-likeness (QED) is 0.825. The maximum Gasteiger partial charge on any atom is 0.0809 e. The lowest BCUT2D eigenvalue weighted by atomic mass is 9.81. The molecule has 3 rings (SSSR count). The Morgan fingerprint density at radius 2 is 2.33 bits per heavy atom. The van der Waals surface area contributed by atoms with E-state index in [2.05, 4.69) is 41.7 Å². The summed E-state index contributed by atoms with van der Waals surface area (Å²) in [5, 5.41) is 5.80. The van der Waals surface area contributed by atoms with Crippen LogP contribution >= 0.6 is 11.3 Å². The summed E-state index contributed by atoms with van der Waals surface area (Å²) >= 11 is 1.78. The number of aromatic nitrogens is 1. The van der Waals surface area contributed by atoms with Crippen molar-refractivity contribution in [3.63, 3.8) is 0 Å². The van der Waals surface area contributed by atoms with Gasteiger partial charge in [-0.3, -0.25) is 4.98 Å². The van der Waals surface area contributed by atoms with Crippen LogP contribution in [0.15, 0.2) is 23.7 Å². The third-order valence-corrected chi connectivity index (χ3v) is 5.73. The average Bonchev–Trinajstić information content (AvgIpc) is 2.94. The van der Waals surface area contributed by atoms with Gasteiger partial charge in [0.2, 0.25) is 0 Å². The zero-order valence-corrected chi connectivity index (χ0v) is 14.0. The van der Waals surface area contributed by atoms with Gasteiger partial charge in [-0.25, -0.2) is 0 Å². The largest absolute Gasteiger partial charge is 0.310 e. The van der Waals surface area contributed by atoms with Gasteiger partial charge in [-0.15, -0.1) is 11.3 Å². The van der Waals surface area contributed by atoms with Crippen molar-refractivity contribution in [2.24, 2.45) is 11.8 Å². The molecule has 1 fully saturated rings. The second kappa shape index (κ2) is 6.89. The molecule has 2 nitrogen and oxygen atoms in total. The smallest absolute Gasteiger partial charge is 0.0809 e. The molecule has 2 aromatic rings. The molecule has 1 aliphatic rings. The van der Waals surface area contributed by atoms with Crippen LogP contribution in [0.3, 0.4) is 0 Å². The molecule has 0 bridgehead atoms. The van der Waals surface area contributed by atoms with Gasteiger partial charge in [0.25, 0.3) is 0 Å². The van der Waals surface area contributed by atoms with E-state index < -0.39 is 0 Å². The summed E-state index contributed by atoms with van der Waals surface area (Å²) in [5.41, 5.74) is 2.43. The molecule has 0 saturated heterocycles. The van der Waals surface area contributed by atoms with Crippen LogP contribution < -0.4 is 5.32 Å². The lowest BCUT2D eigenvalue weighted by Crippen LogP contribution is -2.23. The second-order valence-corrected chi connectivity index (χ2v) is 7.62. The standard InChI is InChI=1S/C18H26N2S/c1-13-4-3-5-15(10-13)6-8-19-14(2)16-11-18-17(20-12-16)7-9-21-18/h7,9,11-15,19H,3-6,8,10H2,1-2H3. The number of nitrogens with zero attached hydrogens (tertiary/aromatic N) is 1. The van der Waals surface area contributed by atoms with E-state index >= 15 is 0 Å². The molecule has 3 unspecified atom stereocenters. The molecule has 3 atom stereocenters. The third-order valence-electron chi connectivity index (χ3n) is 4.87. The van der Waals surface area contributed by atoms with E-state index in [-0.39, 0.29) is 0 Å². The Kier molecular flexibility index (Phi) is 4.91. The van der Waals surface area contributed by atoms with Crippen molar-refractivity contribution in [1.29, 1.82) is 0 Å². The van der Waals surface area contributed by atoms with Crippen molar-refractivity contribution in [3.8, 4) is 0 Å². The molecule has 3 heteroatoms. The van der Waals surface area contributed by atoms with Crippen molar-refractivity contribution < 1.29 is 0 Å². The predicted octanol–water partition coefficient (Wildman–Crippen LogP) is 5.16. The zero-order valence-electron chi connectivity index (χ0n) is 13.1. The summed E-state index contributed by atoms with van der Waals surface area (Å²) in [4.78, 5) is 4.54. The highest BCUT2D eigenvalue weighted by molar-refractivity contribution is 7.17. The van der Waals surface area contributed by atoms with Gasteiger partial charge in [0.05, 0.1) is 10.2 Å². The Morgan fingerprint density at radius 3 is 3.19 bits per heavy atom. The van der Waals surface area contributed by atoms with Crippen LogP contribution in [-0.2, 0) is 0 Å². The third kappa shape index (κ3) is 3.83. The number of hydrogen-bond donors (Lipinski definition) is 1. The molecule has 114 valence electrons. The first kappa shape index (κ1) is 15.0. The summed E-state index contributed by atoms with van der Waals surface area (Å²) in [5.74, 6) is 1.87. The van der Waals surface area contributed by atoms with Crippen LogP contribution in [0.2, 0.25) is 0 Å². The molecule has 1 saturated carbocycles. The predicted molar refractivity (Wildman–Crippen MR) is 91.8 cm³/mol. The highest BCUT2D eigenvalue weighted by atomic mass is 32.1. The molecular weight excluding hydrogens is 276 g/mol. The fourth-order valence-corrected chi connectivity index (χ4v) is 4.33. The van der Waals surface area contributed by atoms with Gasteiger partial charge in [-0.1, -0.05) is 26.2 Å². The highest BCUT2D eigenvalue weighted by Crippen LogP contribution is 2.30. The second-order valence-electron chi connectivity index (χ2n) is 6.67. The Morgan fingerprint density at radius 1 is 1.43 bits per heavy atom. The van der Waals surface area contributed by atoms with Crippen LogP contribution in [-0.4, -0.2) is 11.5 Å². The zero-order chi connectivity index (χ0) is 14.7. The van der Waals surface area contributed by atoms with Crippen molar-refractivity contribution in [2.75, 3.05) is 6.54 Å². The Bertz CT molecular complexity index is 577. The first-order chi connectivity index (χ1) is 10.2. The first-order valence-corrected chi connectivity index (χ1v) is 9.17. The van der Waals surface area contributed by atoms with Crippen LogP contribution in [0.4, 0.5) is 0 Å². The Balaban J connectivity index is 1.50. The number of hydrogen-bond acceptors (Lipinski definition) is 3. The first-order valence-electron chi connectivity index (χ1n) is 8.29. The molecule has 0 aliphatic heterocycles. The molecule has 1 aliphatic carbocycles. The average molecular weight is 302 g/mol. The normalized spacial score (nSPS) is 24.3. The number of fused-ring (bicyclic) bond motifs is 1. The SMILES string of the molecule is CC1CCCC(CCNC(C)c2cnc3ccsc3c2)C1. The topological polar surface area (TPSA) is 24.9 Å². The Hall–Kier alpha value is -0.930. The lowest BCUT2D eigenvalue weighted by molar-refractivity contribution is 0.265. The maximum atomic E-state index is 4.54. The summed E-state index contributed by atoms with van der Waals surface area (Å²) in [7, 11) is 0. The minimum absolute atomic E-state index is 0.394. The van der Waals surface area contributed by atoms with E-state index in [0.717, 1.165) is 23.9 Å². The van der Waals surface area contributed by atoms with Gasteiger partial charge >= 0.3 is 0 Å². The van der Waals surface area contributed by atoms with E-state index in [9.17, 15) is 0 Å². The fourth-order valence-electron chi connectivity index (χ4n) is 3.54. The molecule has 0 spiro atoms. The van der Waals surface area contributed by atoms with E-state index in [0.29, 0.717) is 6.04 Å². The molecule has 0 aromatic carbocycles. The van der Waals surface area contributed by atoms with Crippen LogP contribution in [0.25, 0.3) is 10.2 Å². The highest BCUT2D eigenvalue weighted by Gasteiger charge is 2.18. The van der Waals surface area contributed by atoms with Crippen molar-refractivity contribution >= 4 is 21.6 Å². The lowest BCUT2D eigenvalue weighted by Gasteiger charge is -2.27. The van der Waals surface area contributed by atoms with Gasteiger partial charge in [0.15, 0.2) is 0 Å². The van der Waals surface area contributed by atoms with Crippen molar-refractivity contribution in [2.45, 2.75) is 52.0 Å². The summed E-state index contributed by atoms with van der Waals surface area (Å²) in [6.45, 7) is 5.78. The van der Waals surface area contributed by atoms with Crippen LogP contribution in [0, 0.1) is 11.8 Å². The van der Waals surface area contributed by atoms with Gasteiger partial charge in [-0.05, 0) is 61.2 Å². The van der Waals surface area contributed by atoms with Crippen LogP contribution in [0.1, 0.15) is 57.6 Å². The minimum atomic E-state index is 0.394. The van der Waals surface area contributed by atoms with Crippen molar-refractivity contribution in [3.05, 3.63) is 29.3 Å². The summed E-state index contributed by atoms with van der Waals surface area (Å²) in [6, 6.07) is 4.77. The van der Waals surface area contributed by atoms with Gasteiger partial charge < -0.3 is 5.32 Å². The number of thiophene rings is 1. The van der Waals surface area contributed by atoms with Gasteiger partial charge in [-0.2, -0.15) is 0 Å². The van der Waals surface area contributed by atoms with Gasteiger partial charge in [0.1, 0.15) is 0 Å². The maximum absolute atomic E-state index is 4.54. The molecule has 21 heavy (non-hydrogen) atoms. The van der Waals surface area contributed by atoms with E-state index in [1.165, 1.54) is 42.4 Å². The molecule has 2 aromatic heterocycles. The molecule has 0 radical (unpaired) electrons. The molecule has 0 amide bonds. The number of nitrogens with one attached hydrogen (secondary N) is 1. The van der Waals surface area contributed by atoms with Gasteiger partial charge in [0, 0.05) is 12.2 Å². The van der Waals surface area contributed by atoms with E-state index in [1.807, 2.05) is 6.20 Å². The number of rotatable bonds is 5. The van der Waals surface area contributed by atoms with E-state index in [1.54, 1.807) is 11.3 Å². The van der Waals surface area contributed by atoms with Crippen molar-refractivity contribution in [1.82, 2.24) is 10.3 Å². The molecule has 1 N–H and O–H groups in total. The summed E-state index contributed by atoms with van der Waals surface area (Å²) < 4.78 is 1.29. The molecular formula is C18H26N2S. The minimum Gasteiger partial charge on any atom is -0.310 e. The summed E-state index contributed by atoms with van der Waals surface area (Å²) in [6.07, 6.45) is 9.08. The fraction of sp³-hybridized carbons (Fsp3) is 0.611. The monoisotopic (exact) mass is 302 g/mol.